The Labute approximate surface area is 130 Å². The van der Waals surface area contributed by atoms with Crippen molar-refractivity contribution in [2.75, 3.05) is 0 Å². The van der Waals surface area contributed by atoms with Crippen LogP contribution in [0.25, 0.3) is 0 Å². The Hall–Kier alpha value is -0.890. The molecular formula is C17H18BrCl. The summed E-state index contributed by atoms with van der Waals surface area (Å²) in [5, 5.41) is 0.752. The van der Waals surface area contributed by atoms with E-state index in [4.69, 9.17) is 18.0 Å². The number of benzene rings is 1. The Kier molecular flexibility index (Phi) is 8.48. The summed E-state index contributed by atoms with van der Waals surface area (Å²) in [4.78, 5) is 0.234. The normalized spacial score (nSPS) is 11.2. The van der Waals surface area contributed by atoms with Gasteiger partial charge in [-0.25, -0.2) is 0 Å². The first-order valence-electron chi connectivity index (χ1n) is 6.57. The summed E-state index contributed by atoms with van der Waals surface area (Å²) in [6.07, 6.45) is 12.1. The standard InChI is InChI=1S/C17H18BrCl/c1-2-16(18)10-8-6-4-3-5-7-9-15-11-13-17(19)14-12-15/h1,11-14,16H,3-6,8,10H2. The van der Waals surface area contributed by atoms with Gasteiger partial charge in [-0.3, -0.25) is 0 Å². The first-order chi connectivity index (χ1) is 9.22. The van der Waals surface area contributed by atoms with Crippen LogP contribution in [0.5, 0.6) is 0 Å². The molecule has 0 aliphatic heterocycles. The van der Waals surface area contributed by atoms with Crippen molar-refractivity contribution in [1.29, 1.82) is 0 Å². The van der Waals surface area contributed by atoms with Crippen LogP contribution < -0.4 is 0 Å². The Bertz CT molecular complexity index is 459. The SMILES string of the molecule is C#CC(Br)CCCCCCC#Cc1ccc(Cl)cc1. The molecule has 100 valence electrons. The molecule has 0 aliphatic carbocycles. The zero-order valence-electron chi connectivity index (χ0n) is 11.0. The zero-order valence-corrected chi connectivity index (χ0v) is 13.3. The van der Waals surface area contributed by atoms with Gasteiger partial charge in [0, 0.05) is 17.0 Å². The Balaban J connectivity index is 2.08. The van der Waals surface area contributed by atoms with Crippen LogP contribution in [0.2, 0.25) is 5.02 Å². The average molecular weight is 338 g/mol. The van der Waals surface area contributed by atoms with Crippen LogP contribution in [0, 0.1) is 24.2 Å². The minimum atomic E-state index is 0.234. The van der Waals surface area contributed by atoms with Crippen LogP contribution in [0.1, 0.15) is 44.1 Å². The molecular weight excluding hydrogens is 320 g/mol. The van der Waals surface area contributed by atoms with Gasteiger partial charge in [-0.1, -0.05) is 64.6 Å². The summed E-state index contributed by atoms with van der Waals surface area (Å²) in [6.45, 7) is 0. The van der Waals surface area contributed by atoms with Crippen molar-refractivity contribution in [2.45, 2.75) is 43.4 Å². The second kappa shape index (κ2) is 9.96. The van der Waals surface area contributed by atoms with Crippen LogP contribution in [-0.4, -0.2) is 4.83 Å². The summed E-state index contributed by atoms with van der Waals surface area (Å²) in [5.74, 6) is 9.03. The molecule has 0 bridgehead atoms. The third-order valence-electron chi connectivity index (χ3n) is 2.77. The van der Waals surface area contributed by atoms with Gasteiger partial charge in [-0.2, -0.15) is 0 Å². The fourth-order valence-corrected chi connectivity index (χ4v) is 2.12. The Morgan fingerprint density at radius 1 is 1.11 bits per heavy atom. The van der Waals surface area contributed by atoms with Crippen molar-refractivity contribution in [3.8, 4) is 24.2 Å². The highest BCUT2D eigenvalue weighted by Gasteiger charge is 1.97. The first kappa shape index (κ1) is 16.2. The van der Waals surface area contributed by atoms with Crippen LogP contribution in [0.3, 0.4) is 0 Å². The second-order valence-electron chi connectivity index (χ2n) is 4.40. The van der Waals surface area contributed by atoms with Crippen molar-refractivity contribution in [1.82, 2.24) is 0 Å². The van der Waals surface area contributed by atoms with E-state index in [-0.39, 0.29) is 4.83 Å². The molecule has 0 saturated heterocycles. The lowest BCUT2D eigenvalue weighted by molar-refractivity contribution is 0.633. The highest BCUT2D eigenvalue weighted by Crippen LogP contribution is 2.12. The van der Waals surface area contributed by atoms with Crippen LogP contribution in [0.4, 0.5) is 0 Å². The smallest absolute Gasteiger partial charge is 0.0752 e. The van der Waals surface area contributed by atoms with Crippen molar-refractivity contribution in [3.05, 3.63) is 34.9 Å². The summed E-state index contributed by atoms with van der Waals surface area (Å²) < 4.78 is 0. The molecule has 0 spiro atoms. The highest BCUT2D eigenvalue weighted by atomic mass is 79.9. The molecule has 19 heavy (non-hydrogen) atoms. The van der Waals surface area contributed by atoms with Crippen molar-refractivity contribution in [3.63, 3.8) is 0 Å². The number of unbranched alkanes of at least 4 members (excludes halogenated alkanes) is 4. The van der Waals surface area contributed by atoms with Gasteiger partial charge in [0.05, 0.1) is 4.83 Å². The first-order valence-corrected chi connectivity index (χ1v) is 7.86. The van der Waals surface area contributed by atoms with Gasteiger partial charge in [0.1, 0.15) is 0 Å². The number of rotatable bonds is 6. The topological polar surface area (TPSA) is 0 Å². The number of hydrogen-bond donors (Lipinski definition) is 0. The van der Waals surface area contributed by atoms with E-state index in [1.165, 1.54) is 19.3 Å². The van der Waals surface area contributed by atoms with Gasteiger partial charge in [0.25, 0.3) is 0 Å². The maximum Gasteiger partial charge on any atom is 0.0752 e. The largest absolute Gasteiger partial charge is 0.119 e. The van der Waals surface area contributed by atoms with E-state index < -0.39 is 0 Å². The second-order valence-corrected chi connectivity index (χ2v) is 5.94. The lowest BCUT2D eigenvalue weighted by atomic mass is 10.1. The van der Waals surface area contributed by atoms with Gasteiger partial charge in [-0.15, -0.1) is 6.42 Å². The number of halogens is 2. The Morgan fingerprint density at radius 2 is 1.79 bits per heavy atom. The minimum Gasteiger partial charge on any atom is -0.119 e. The third kappa shape index (κ3) is 7.99. The molecule has 1 rings (SSSR count). The van der Waals surface area contributed by atoms with E-state index in [1.54, 1.807) is 0 Å². The molecule has 0 saturated carbocycles. The molecule has 0 fully saturated rings. The fraction of sp³-hybridized carbons (Fsp3) is 0.412. The van der Waals surface area contributed by atoms with Crippen molar-refractivity contribution < 1.29 is 0 Å². The molecule has 1 aromatic carbocycles. The van der Waals surface area contributed by atoms with Crippen molar-refractivity contribution in [2.24, 2.45) is 0 Å². The van der Waals surface area contributed by atoms with E-state index in [2.05, 4.69) is 33.7 Å². The summed E-state index contributed by atoms with van der Waals surface area (Å²) >= 11 is 9.25. The van der Waals surface area contributed by atoms with Crippen LogP contribution >= 0.6 is 27.5 Å². The van der Waals surface area contributed by atoms with Crippen LogP contribution in [-0.2, 0) is 0 Å². The van der Waals surface area contributed by atoms with Gasteiger partial charge >= 0.3 is 0 Å². The monoisotopic (exact) mass is 336 g/mol. The van der Waals surface area contributed by atoms with E-state index in [9.17, 15) is 0 Å². The van der Waals surface area contributed by atoms with E-state index in [0.29, 0.717) is 0 Å². The Morgan fingerprint density at radius 3 is 2.47 bits per heavy atom. The van der Waals surface area contributed by atoms with Crippen molar-refractivity contribution >= 4 is 27.5 Å². The van der Waals surface area contributed by atoms with Gasteiger partial charge in [0.2, 0.25) is 0 Å². The number of hydrogen-bond acceptors (Lipinski definition) is 0. The third-order valence-corrected chi connectivity index (χ3v) is 3.74. The van der Waals surface area contributed by atoms with Crippen LogP contribution in [0.15, 0.2) is 24.3 Å². The number of alkyl halides is 1. The van der Waals surface area contributed by atoms with Gasteiger partial charge in [0.15, 0.2) is 0 Å². The predicted octanol–water partition coefficient (Wildman–Crippen LogP) is 5.43. The molecule has 0 aromatic heterocycles. The van der Waals surface area contributed by atoms with E-state index in [0.717, 1.165) is 29.8 Å². The lowest BCUT2D eigenvalue weighted by Gasteiger charge is -2.01. The molecule has 0 N–H and O–H groups in total. The van der Waals surface area contributed by atoms with Gasteiger partial charge in [-0.05, 0) is 37.1 Å². The lowest BCUT2D eigenvalue weighted by Crippen LogP contribution is -1.92. The molecule has 1 aromatic rings. The molecule has 0 radical (unpaired) electrons. The quantitative estimate of drug-likeness (QED) is 0.369. The maximum absolute atomic E-state index is 5.81. The predicted molar refractivity (Wildman–Crippen MR) is 87.6 cm³/mol. The fourth-order valence-electron chi connectivity index (χ4n) is 1.67. The molecule has 0 heterocycles. The molecule has 0 aliphatic rings. The number of terminal acetylenes is 1. The maximum atomic E-state index is 5.81. The highest BCUT2D eigenvalue weighted by molar-refractivity contribution is 9.09. The van der Waals surface area contributed by atoms with E-state index in [1.807, 2.05) is 24.3 Å². The zero-order chi connectivity index (χ0) is 13.9. The molecule has 0 amide bonds. The van der Waals surface area contributed by atoms with Gasteiger partial charge < -0.3 is 0 Å². The minimum absolute atomic E-state index is 0.234. The average Bonchev–Trinajstić information content (AvgIpc) is 2.43. The molecule has 1 unspecified atom stereocenters. The molecule has 2 heteroatoms. The molecule has 1 atom stereocenters. The summed E-state index contributed by atoms with van der Waals surface area (Å²) in [6, 6.07) is 7.64. The van der Waals surface area contributed by atoms with E-state index >= 15 is 0 Å². The molecule has 0 nitrogen and oxygen atoms in total. The summed E-state index contributed by atoms with van der Waals surface area (Å²) in [5.41, 5.74) is 1.03. The summed E-state index contributed by atoms with van der Waals surface area (Å²) in [7, 11) is 0.